The highest BCUT2D eigenvalue weighted by atomic mass is 16.5. The number of aliphatic carboxylic acids is 1. The Balaban J connectivity index is 2.04. The summed E-state index contributed by atoms with van der Waals surface area (Å²) in [6.45, 7) is 6.08. The van der Waals surface area contributed by atoms with E-state index < -0.39 is 23.3 Å². The summed E-state index contributed by atoms with van der Waals surface area (Å²) in [5.41, 5.74) is 1.97. The molecular formula is C24H27N3O6. The van der Waals surface area contributed by atoms with Gasteiger partial charge in [-0.25, -0.2) is 4.79 Å². The van der Waals surface area contributed by atoms with E-state index in [1.165, 1.54) is 12.0 Å². The quantitative estimate of drug-likeness (QED) is 0.616. The summed E-state index contributed by atoms with van der Waals surface area (Å²) >= 11 is 0. The molecule has 2 aromatic rings. The van der Waals surface area contributed by atoms with Gasteiger partial charge in [0.15, 0.2) is 0 Å². The zero-order valence-corrected chi connectivity index (χ0v) is 19.0. The lowest BCUT2D eigenvalue weighted by Crippen LogP contribution is -2.49. The smallest absolute Gasteiger partial charge is 0.328 e. The highest BCUT2D eigenvalue weighted by Gasteiger charge is 2.30. The maximum absolute atomic E-state index is 13.3. The van der Waals surface area contributed by atoms with E-state index in [1.54, 1.807) is 36.4 Å². The number of rotatable bonds is 6. The first-order valence-electron chi connectivity index (χ1n) is 10.5. The van der Waals surface area contributed by atoms with Crippen molar-refractivity contribution in [2.75, 3.05) is 23.9 Å². The molecule has 1 fully saturated rings. The third kappa shape index (κ3) is 5.49. The number of nitrogens with zero attached hydrogens (tertiary/aromatic N) is 1. The first-order chi connectivity index (χ1) is 15.5. The van der Waals surface area contributed by atoms with Crippen LogP contribution in [0, 0.1) is 0 Å². The van der Waals surface area contributed by atoms with Crippen LogP contribution in [0.2, 0.25) is 0 Å². The van der Waals surface area contributed by atoms with Gasteiger partial charge in [0.05, 0.1) is 19.1 Å². The maximum Gasteiger partial charge on any atom is 0.328 e. The standard InChI is InChI=1S/C24H27N3O6/c1-24(2,3)18-13-16(27-9-8-19(28)26-23(27)32)12-17(21(18)33-4)22(31)25-15-7-5-6-14(10-15)11-20(29)30/h5-7,10,12-13H,8-9,11H2,1-4H3,(H,25,31)(H,29,30)(H,26,28,32). The minimum absolute atomic E-state index is 0.153. The summed E-state index contributed by atoms with van der Waals surface area (Å²) in [4.78, 5) is 49.7. The first-order valence-corrected chi connectivity index (χ1v) is 10.5. The molecule has 9 nitrogen and oxygen atoms in total. The Morgan fingerprint density at radius 1 is 1.18 bits per heavy atom. The van der Waals surface area contributed by atoms with E-state index >= 15 is 0 Å². The first kappa shape index (κ1) is 23.8. The van der Waals surface area contributed by atoms with E-state index in [2.05, 4.69) is 10.6 Å². The second-order valence-electron chi connectivity index (χ2n) is 8.80. The molecule has 1 aliphatic heterocycles. The zero-order chi connectivity index (χ0) is 24.3. The van der Waals surface area contributed by atoms with E-state index in [4.69, 9.17) is 9.84 Å². The number of anilines is 2. The number of imide groups is 1. The van der Waals surface area contributed by atoms with Gasteiger partial charge in [0.2, 0.25) is 5.91 Å². The summed E-state index contributed by atoms with van der Waals surface area (Å²) in [6, 6.07) is 9.38. The van der Waals surface area contributed by atoms with Crippen LogP contribution in [-0.2, 0) is 21.4 Å². The molecule has 0 bridgehead atoms. The minimum Gasteiger partial charge on any atom is -0.496 e. The van der Waals surface area contributed by atoms with Crippen LogP contribution in [0.4, 0.5) is 16.2 Å². The Morgan fingerprint density at radius 3 is 2.52 bits per heavy atom. The number of amides is 4. The van der Waals surface area contributed by atoms with Gasteiger partial charge in [-0.3, -0.25) is 24.6 Å². The summed E-state index contributed by atoms with van der Waals surface area (Å²) in [6.07, 6.45) is -0.0139. The fourth-order valence-electron chi connectivity index (χ4n) is 3.66. The number of methoxy groups -OCH3 is 1. The molecule has 1 heterocycles. The molecule has 0 radical (unpaired) electrons. The lowest BCUT2D eigenvalue weighted by molar-refractivity contribution is -0.136. The molecule has 33 heavy (non-hydrogen) atoms. The largest absolute Gasteiger partial charge is 0.496 e. The van der Waals surface area contributed by atoms with Gasteiger partial charge < -0.3 is 15.2 Å². The van der Waals surface area contributed by atoms with Crippen molar-refractivity contribution in [3.8, 4) is 5.75 Å². The number of hydrogen-bond donors (Lipinski definition) is 3. The van der Waals surface area contributed by atoms with Crippen molar-refractivity contribution in [3.63, 3.8) is 0 Å². The Labute approximate surface area is 191 Å². The number of carboxylic acid groups (broad SMARTS) is 1. The highest BCUT2D eigenvalue weighted by Crippen LogP contribution is 2.38. The number of hydrogen-bond acceptors (Lipinski definition) is 5. The lowest BCUT2D eigenvalue weighted by Gasteiger charge is -2.30. The molecule has 3 N–H and O–H groups in total. The second-order valence-corrected chi connectivity index (χ2v) is 8.80. The van der Waals surface area contributed by atoms with E-state index in [-0.39, 0.29) is 30.9 Å². The van der Waals surface area contributed by atoms with E-state index in [0.29, 0.717) is 22.7 Å². The molecule has 9 heteroatoms. The average Bonchev–Trinajstić information content (AvgIpc) is 2.72. The monoisotopic (exact) mass is 453 g/mol. The van der Waals surface area contributed by atoms with Gasteiger partial charge in [-0.05, 0) is 35.2 Å². The molecule has 0 aromatic heterocycles. The SMILES string of the molecule is COc1c(C(=O)Nc2cccc(CC(=O)O)c2)cc(N2CCC(=O)NC2=O)cc1C(C)(C)C. The number of carbonyl (C=O) groups is 4. The number of benzene rings is 2. The van der Waals surface area contributed by atoms with Crippen LogP contribution in [0.15, 0.2) is 36.4 Å². The summed E-state index contributed by atoms with van der Waals surface area (Å²) in [7, 11) is 1.47. The van der Waals surface area contributed by atoms with Crippen LogP contribution in [0.25, 0.3) is 0 Å². The van der Waals surface area contributed by atoms with Crippen molar-refractivity contribution in [2.45, 2.75) is 39.0 Å². The second kappa shape index (κ2) is 9.32. The fraction of sp³-hybridized carbons (Fsp3) is 0.333. The van der Waals surface area contributed by atoms with Gasteiger partial charge in [0.1, 0.15) is 5.75 Å². The Bertz CT molecular complexity index is 1120. The minimum atomic E-state index is -0.971. The van der Waals surface area contributed by atoms with Crippen LogP contribution in [0.5, 0.6) is 5.75 Å². The van der Waals surface area contributed by atoms with Crippen LogP contribution in [0.1, 0.15) is 48.7 Å². The molecule has 4 amide bonds. The number of ether oxygens (including phenoxy) is 1. The van der Waals surface area contributed by atoms with Gasteiger partial charge in [-0.1, -0.05) is 32.9 Å². The summed E-state index contributed by atoms with van der Waals surface area (Å²) in [5.74, 6) is -1.42. The lowest BCUT2D eigenvalue weighted by atomic mass is 9.84. The van der Waals surface area contributed by atoms with Crippen LogP contribution >= 0.6 is 0 Å². The van der Waals surface area contributed by atoms with Crippen LogP contribution < -0.4 is 20.3 Å². The summed E-state index contributed by atoms with van der Waals surface area (Å²) in [5, 5.41) is 14.1. The Morgan fingerprint density at radius 2 is 1.91 bits per heavy atom. The van der Waals surface area contributed by atoms with Gasteiger partial charge >= 0.3 is 12.0 Å². The average molecular weight is 453 g/mol. The van der Waals surface area contributed by atoms with Crippen LogP contribution in [0.3, 0.4) is 0 Å². The predicted molar refractivity (Wildman–Crippen MR) is 123 cm³/mol. The van der Waals surface area contributed by atoms with Crippen molar-refractivity contribution < 1.29 is 29.0 Å². The fourth-order valence-corrected chi connectivity index (χ4v) is 3.66. The van der Waals surface area contributed by atoms with Gasteiger partial charge in [-0.2, -0.15) is 0 Å². The summed E-state index contributed by atoms with van der Waals surface area (Å²) < 4.78 is 5.61. The van der Waals surface area contributed by atoms with E-state index in [9.17, 15) is 19.2 Å². The number of carboxylic acids is 1. The number of urea groups is 1. The number of carbonyl (C=O) groups excluding carboxylic acids is 3. The molecule has 0 aliphatic carbocycles. The van der Waals surface area contributed by atoms with Crippen molar-refractivity contribution in [2.24, 2.45) is 0 Å². The molecule has 1 saturated heterocycles. The molecular weight excluding hydrogens is 426 g/mol. The van der Waals surface area contributed by atoms with Crippen molar-refractivity contribution in [3.05, 3.63) is 53.1 Å². The Hall–Kier alpha value is -3.88. The molecule has 2 aromatic carbocycles. The molecule has 0 saturated carbocycles. The topological polar surface area (TPSA) is 125 Å². The maximum atomic E-state index is 13.3. The molecule has 1 aliphatic rings. The predicted octanol–water partition coefficient (Wildman–Crippen LogP) is 3.32. The van der Waals surface area contributed by atoms with Crippen molar-refractivity contribution in [1.82, 2.24) is 5.32 Å². The Kier molecular flexibility index (Phi) is 6.71. The van der Waals surface area contributed by atoms with Crippen molar-refractivity contribution >= 4 is 35.2 Å². The van der Waals surface area contributed by atoms with Gasteiger partial charge in [0.25, 0.3) is 5.91 Å². The van der Waals surface area contributed by atoms with E-state index in [0.717, 1.165) is 5.56 Å². The van der Waals surface area contributed by atoms with Crippen molar-refractivity contribution in [1.29, 1.82) is 0 Å². The molecule has 0 spiro atoms. The van der Waals surface area contributed by atoms with Gasteiger partial charge in [-0.15, -0.1) is 0 Å². The van der Waals surface area contributed by atoms with Crippen LogP contribution in [-0.4, -0.2) is 42.6 Å². The number of nitrogens with one attached hydrogen (secondary N) is 2. The molecule has 174 valence electrons. The van der Waals surface area contributed by atoms with Gasteiger partial charge in [0, 0.05) is 29.9 Å². The molecule has 3 rings (SSSR count). The normalized spacial score (nSPS) is 14.0. The molecule has 0 unspecified atom stereocenters. The third-order valence-corrected chi connectivity index (χ3v) is 5.24. The zero-order valence-electron chi connectivity index (χ0n) is 19.0. The van der Waals surface area contributed by atoms with E-state index in [1.807, 2.05) is 20.8 Å². The highest BCUT2D eigenvalue weighted by molar-refractivity contribution is 6.09. The third-order valence-electron chi connectivity index (χ3n) is 5.24. The molecule has 0 atom stereocenters.